The maximum atomic E-state index is 10.8. The molecule has 0 unspecified atom stereocenters. The molecular formula is C13H12BrNO2S. The van der Waals surface area contributed by atoms with Crippen molar-refractivity contribution in [1.82, 2.24) is 0 Å². The Hall–Kier alpha value is -1.33. The van der Waals surface area contributed by atoms with E-state index < -0.39 is 5.97 Å². The lowest BCUT2D eigenvalue weighted by Gasteiger charge is -2.06. The minimum Gasteiger partial charge on any atom is -0.478 e. The highest BCUT2D eigenvalue weighted by Gasteiger charge is 2.03. The fourth-order valence-corrected chi connectivity index (χ4v) is 3.06. The van der Waals surface area contributed by atoms with Crippen LogP contribution in [0.15, 0.2) is 40.2 Å². The van der Waals surface area contributed by atoms with Gasteiger partial charge in [-0.05, 0) is 52.7 Å². The largest absolute Gasteiger partial charge is 0.478 e. The SMILES string of the molecule is O=C(O)c1cccc(NCCc2ccc(Br)s2)c1. The number of anilines is 1. The van der Waals surface area contributed by atoms with Crippen LogP contribution in [-0.2, 0) is 6.42 Å². The first kappa shape index (κ1) is 13.1. The van der Waals surface area contributed by atoms with Gasteiger partial charge in [-0.15, -0.1) is 11.3 Å². The number of carboxylic acid groups (broad SMARTS) is 1. The van der Waals surface area contributed by atoms with Gasteiger partial charge in [0.1, 0.15) is 0 Å². The van der Waals surface area contributed by atoms with Gasteiger partial charge >= 0.3 is 5.97 Å². The number of carbonyl (C=O) groups is 1. The Morgan fingerprint density at radius 3 is 2.83 bits per heavy atom. The summed E-state index contributed by atoms with van der Waals surface area (Å²) < 4.78 is 1.13. The van der Waals surface area contributed by atoms with Crippen LogP contribution in [0.25, 0.3) is 0 Å². The Morgan fingerprint density at radius 2 is 2.17 bits per heavy atom. The molecule has 0 bridgehead atoms. The van der Waals surface area contributed by atoms with E-state index in [1.807, 2.05) is 12.1 Å². The monoisotopic (exact) mass is 325 g/mol. The summed E-state index contributed by atoms with van der Waals surface area (Å²) in [7, 11) is 0. The molecule has 5 heteroatoms. The van der Waals surface area contributed by atoms with Crippen LogP contribution in [0.2, 0.25) is 0 Å². The Labute approximate surface area is 118 Å². The molecule has 0 spiro atoms. The van der Waals surface area contributed by atoms with Gasteiger partial charge in [-0.25, -0.2) is 4.79 Å². The molecule has 0 fully saturated rings. The predicted molar refractivity (Wildman–Crippen MR) is 77.6 cm³/mol. The molecule has 1 heterocycles. The van der Waals surface area contributed by atoms with Crippen LogP contribution in [0.1, 0.15) is 15.2 Å². The lowest BCUT2D eigenvalue weighted by molar-refractivity contribution is 0.0697. The minimum atomic E-state index is -0.902. The average molecular weight is 326 g/mol. The van der Waals surface area contributed by atoms with E-state index >= 15 is 0 Å². The van der Waals surface area contributed by atoms with E-state index in [4.69, 9.17) is 5.11 Å². The lowest BCUT2D eigenvalue weighted by Crippen LogP contribution is -2.05. The van der Waals surface area contributed by atoms with E-state index in [1.165, 1.54) is 4.88 Å². The van der Waals surface area contributed by atoms with Crippen molar-refractivity contribution in [3.63, 3.8) is 0 Å². The number of hydrogen-bond donors (Lipinski definition) is 2. The number of thiophene rings is 1. The highest BCUT2D eigenvalue weighted by Crippen LogP contribution is 2.22. The summed E-state index contributed by atoms with van der Waals surface area (Å²) in [6.45, 7) is 0.788. The summed E-state index contributed by atoms with van der Waals surface area (Å²) in [6.07, 6.45) is 0.924. The molecule has 1 aromatic carbocycles. The fourth-order valence-electron chi connectivity index (χ4n) is 1.58. The maximum Gasteiger partial charge on any atom is 0.335 e. The van der Waals surface area contributed by atoms with Crippen LogP contribution in [0.4, 0.5) is 5.69 Å². The van der Waals surface area contributed by atoms with Gasteiger partial charge in [-0.2, -0.15) is 0 Å². The smallest absolute Gasteiger partial charge is 0.335 e. The van der Waals surface area contributed by atoms with Crippen molar-refractivity contribution in [2.45, 2.75) is 6.42 Å². The predicted octanol–water partition coefficient (Wildman–Crippen LogP) is 3.86. The molecule has 2 rings (SSSR count). The van der Waals surface area contributed by atoms with Crippen LogP contribution >= 0.6 is 27.3 Å². The Morgan fingerprint density at radius 1 is 1.33 bits per heavy atom. The van der Waals surface area contributed by atoms with Crippen LogP contribution in [0, 0.1) is 0 Å². The molecule has 0 aliphatic rings. The van der Waals surface area contributed by atoms with E-state index in [1.54, 1.807) is 29.5 Å². The Balaban J connectivity index is 1.90. The fraction of sp³-hybridized carbons (Fsp3) is 0.154. The first-order chi connectivity index (χ1) is 8.65. The van der Waals surface area contributed by atoms with Gasteiger partial charge in [0.05, 0.1) is 9.35 Å². The van der Waals surface area contributed by atoms with Gasteiger partial charge in [0, 0.05) is 17.1 Å². The molecule has 0 aliphatic carbocycles. The van der Waals surface area contributed by atoms with E-state index in [9.17, 15) is 4.79 Å². The van der Waals surface area contributed by atoms with E-state index in [0.717, 1.165) is 22.4 Å². The van der Waals surface area contributed by atoms with Crippen LogP contribution < -0.4 is 5.32 Å². The summed E-state index contributed by atoms with van der Waals surface area (Å²) >= 11 is 5.14. The van der Waals surface area contributed by atoms with Crippen LogP contribution in [0.5, 0.6) is 0 Å². The number of rotatable bonds is 5. The summed E-state index contributed by atoms with van der Waals surface area (Å²) in [5.74, 6) is -0.902. The molecule has 94 valence electrons. The summed E-state index contributed by atoms with van der Waals surface area (Å²) in [5.41, 5.74) is 1.14. The standard InChI is InChI=1S/C13H12BrNO2S/c14-12-5-4-11(18-12)6-7-15-10-3-1-2-9(8-10)13(16)17/h1-5,8,15H,6-7H2,(H,16,17). The van der Waals surface area contributed by atoms with Crippen molar-refractivity contribution in [1.29, 1.82) is 0 Å². The number of hydrogen-bond acceptors (Lipinski definition) is 3. The molecule has 3 nitrogen and oxygen atoms in total. The average Bonchev–Trinajstić information content (AvgIpc) is 2.75. The molecule has 1 aromatic heterocycles. The van der Waals surface area contributed by atoms with Gasteiger partial charge in [-0.3, -0.25) is 0 Å². The van der Waals surface area contributed by atoms with E-state index in [-0.39, 0.29) is 0 Å². The van der Waals surface area contributed by atoms with Crippen molar-refractivity contribution in [3.05, 3.63) is 50.6 Å². The van der Waals surface area contributed by atoms with Crippen molar-refractivity contribution < 1.29 is 9.90 Å². The third-order valence-corrected chi connectivity index (χ3v) is 4.12. The summed E-state index contributed by atoms with van der Waals surface area (Å²) in [6, 6.07) is 11.0. The normalized spacial score (nSPS) is 10.3. The molecule has 2 aromatic rings. The second-order valence-corrected chi connectivity index (χ2v) is 6.32. The quantitative estimate of drug-likeness (QED) is 0.877. The highest BCUT2D eigenvalue weighted by molar-refractivity contribution is 9.11. The molecule has 0 atom stereocenters. The second-order valence-electron chi connectivity index (χ2n) is 3.77. The first-order valence-electron chi connectivity index (χ1n) is 5.46. The van der Waals surface area contributed by atoms with Crippen LogP contribution in [-0.4, -0.2) is 17.6 Å². The van der Waals surface area contributed by atoms with Crippen LogP contribution in [0.3, 0.4) is 0 Å². The number of halogens is 1. The van der Waals surface area contributed by atoms with Gasteiger partial charge in [-0.1, -0.05) is 6.07 Å². The van der Waals surface area contributed by atoms with Gasteiger partial charge in [0.25, 0.3) is 0 Å². The highest BCUT2D eigenvalue weighted by atomic mass is 79.9. The zero-order valence-corrected chi connectivity index (χ0v) is 11.9. The zero-order valence-electron chi connectivity index (χ0n) is 9.52. The molecule has 0 radical (unpaired) electrons. The third-order valence-electron chi connectivity index (χ3n) is 2.44. The van der Waals surface area contributed by atoms with Gasteiger partial charge in [0.2, 0.25) is 0 Å². The zero-order chi connectivity index (χ0) is 13.0. The topological polar surface area (TPSA) is 49.3 Å². The molecule has 0 amide bonds. The number of carboxylic acids is 1. The Bertz CT molecular complexity index is 553. The first-order valence-corrected chi connectivity index (χ1v) is 7.07. The molecule has 0 saturated heterocycles. The number of benzene rings is 1. The number of aromatic carboxylic acids is 1. The van der Waals surface area contributed by atoms with Crippen molar-refractivity contribution >= 4 is 38.9 Å². The van der Waals surface area contributed by atoms with E-state index in [2.05, 4.69) is 27.3 Å². The molecular weight excluding hydrogens is 314 g/mol. The molecule has 0 saturated carbocycles. The Kier molecular flexibility index (Phi) is 4.38. The third kappa shape index (κ3) is 3.58. The minimum absolute atomic E-state index is 0.305. The summed E-state index contributed by atoms with van der Waals surface area (Å²) in [4.78, 5) is 12.1. The molecule has 18 heavy (non-hydrogen) atoms. The molecule has 2 N–H and O–H groups in total. The maximum absolute atomic E-state index is 10.8. The lowest BCUT2D eigenvalue weighted by atomic mass is 10.2. The summed E-state index contributed by atoms with van der Waals surface area (Å²) in [5, 5.41) is 12.1. The van der Waals surface area contributed by atoms with E-state index in [0.29, 0.717) is 5.56 Å². The second kappa shape index (κ2) is 6.02. The van der Waals surface area contributed by atoms with Crippen molar-refractivity contribution in [2.24, 2.45) is 0 Å². The molecule has 0 aliphatic heterocycles. The van der Waals surface area contributed by atoms with Gasteiger partial charge in [0.15, 0.2) is 0 Å². The van der Waals surface area contributed by atoms with Gasteiger partial charge < -0.3 is 10.4 Å². The van der Waals surface area contributed by atoms with Crippen molar-refractivity contribution in [2.75, 3.05) is 11.9 Å². The number of nitrogens with one attached hydrogen (secondary N) is 1. The van der Waals surface area contributed by atoms with Crippen molar-refractivity contribution in [3.8, 4) is 0 Å².